The number of imidazole rings is 1. The van der Waals surface area contributed by atoms with Gasteiger partial charge in [-0.25, -0.2) is 4.79 Å². The standard InChI is InChI=1S/C24H26ClF3N4O4/c1-6-18(11-15(4)36-24(26,27)28)35-22-29-20-19(31(22)13-16-7-9-17(25)10-8-16)21(33)30(5)23(34)32(20)12-14(2)3/h6-11,14H,12-13H2,1-5H3/b15-11+,18-6+. The van der Waals surface area contributed by atoms with Crippen molar-refractivity contribution in [1.82, 2.24) is 18.7 Å². The summed E-state index contributed by atoms with van der Waals surface area (Å²) in [6.45, 7) is 6.93. The monoisotopic (exact) mass is 526 g/mol. The summed E-state index contributed by atoms with van der Waals surface area (Å²) in [4.78, 5) is 30.5. The van der Waals surface area contributed by atoms with E-state index in [4.69, 9.17) is 16.3 Å². The molecule has 2 aromatic heterocycles. The van der Waals surface area contributed by atoms with Crippen molar-refractivity contribution in [2.75, 3.05) is 0 Å². The molecule has 0 aliphatic rings. The summed E-state index contributed by atoms with van der Waals surface area (Å²) < 4.78 is 51.5. The number of hydrogen-bond donors (Lipinski definition) is 0. The maximum absolute atomic E-state index is 13.2. The zero-order valence-electron chi connectivity index (χ0n) is 20.4. The minimum atomic E-state index is -4.86. The molecule has 2 heterocycles. The van der Waals surface area contributed by atoms with Gasteiger partial charge in [0.2, 0.25) is 0 Å². The van der Waals surface area contributed by atoms with E-state index in [1.54, 1.807) is 31.2 Å². The van der Waals surface area contributed by atoms with E-state index in [2.05, 4.69) is 9.72 Å². The average Bonchev–Trinajstić information content (AvgIpc) is 3.12. The Morgan fingerprint density at radius 2 is 1.81 bits per heavy atom. The van der Waals surface area contributed by atoms with Crippen molar-refractivity contribution < 1.29 is 22.6 Å². The van der Waals surface area contributed by atoms with Gasteiger partial charge in [0, 0.05) is 24.7 Å². The van der Waals surface area contributed by atoms with Crippen LogP contribution in [0.15, 0.2) is 57.5 Å². The predicted octanol–water partition coefficient (Wildman–Crippen LogP) is 4.98. The average molecular weight is 527 g/mol. The van der Waals surface area contributed by atoms with E-state index in [0.29, 0.717) is 5.02 Å². The van der Waals surface area contributed by atoms with E-state index in [0.717, 1.165) is 23.1 Å². The highest BCUT2D eigenvalue weighted by molar-refractivity contribution is 6.30. The Balaban J connectivity index is 2.22. The second-order valence-electron chi connectivity index (χ2n) is 8.53. The smallest absolute Gasteiger partial charge is 0.426 e. The van der Waals surface area contributed by atoms with E-state index < -0.39 is 23.4 Å². The van der Waals surface area contributed by atoms with Crippen LogP contribution in [0.25, 0.3) is 11.2 Å². The van der Waals surface area contributed by atoms with Crippen LogP contribution in [0.4, 0.5) is 13.2 Å². The van der Waals surface area contributed by atoms with Gasteiger partial charge in [0.15, 0.2) is 11.2 Å². The summed E-state index contributed by atoms with van der Waals surface area (Å²) in [7, 11) is 1.37. The first-order valence-corrected chi connectivity index (χ1v) is 11.4. The van der Waals surface area contributed by atoms with Crippen LogP contribution >= 0.6 is 11.6 Å². The van der Waals surface area contributed by atoms with E-state index in [-0.39, 0.29) is 41.9 Å². The maximum Gasteiger partial charge on any atom is 0.572 e. The molecule has 3 rings (SSSR count). The number of fused-ring (bicyclic) bond motifs is 1. The molecule has 36 heavy (non-hydrogen) atoms. The zero-order chi connectivity index (χ0) is 26.8. The number of hydrogen-bond acceptors (Lipinski definition) is 5. The molecule has 0 bridgehead atoms. The molecule has 0 fully saturated rings. The molecular weight excluding hydrogens is 501 g/mol. The van der Waals surface area contributed by atoms with Gasteiger partial charge in [-0.3, -0.25) is 18.5 Å². The Morgan fingerprint density at radius 1 is 1.17 bits per heavy atom. The topological polar surface area (TPSA) is 80.3 Å². The lowest BCUT2D eigenvalue weighted by molar-refractivity contribution is -0.305. The third kappa shape index (κ3) is 6.20. The highest BCUT2D eigenvalue weighted by Crippen LogP contribution is 2.25. The van der Waals surface area contributed by atoms with E-state index >= 15 is 0 Å². The minimum Gasteiger partial charge on any atom is -0.426 e. The number of nitrogens with zero attached hydrogens (tertiary/aromatic N) is 4. The van der Waals surface area contributed by atoms with Gasteiger partial charge in [0.1, 0.15) is 11.5 Å². The predicted molar refractivity (Wildman–Crippen MR) is 130 cm³/mol. The number of allylic oxidation sites excluding steroid dienone is 3. The molecule has 0 spiro atoms. The number of aromatic nitrogens is 4. The number of benzene rings is 1. The molecule has 0 aliphatic carbocycles. The van der Waals surface area contributed by atoms with Crippen molar-refractivity contribution >= 4 is 22.8 Å². The lowest BCUT2D eigenvalue weighted by atomic mass is 10.2. The van der Waals surface area contributed by atoms with Crippen molar-refractivity contribution in [3.05, 3.63) is 79.4 Å². The van der Waals surface area contributed by atoms with Crippen molar-refractivity contribution in [3.63, 3.8) is 0 Å². The number of halogens is 4. The summed E-state index contributed by atoms with van der Waals surface area (Å²) in [5.41, 5.74) is -0.139. The lowest BCUT2D eigenvalue weighted by Crippen LogP contribution is -2.39. The molecule has 0 amide bonds. The van der Waals surface area contributed by atoms with Crippen LogP contribution in [0.2, 0.25) is 5.02 Å². The molecule has 12 heteroatoms. The van der Waals surface area contributed by atoms with Crippen molar-refractivity contribution in [2.24, 2.45) is 13.0 Å². The quantitative estimate of drug-likeness (QED) is 0.305. The molecule has 194 valence electrons. The minimum absolute atomic E-state index is 0.000933. The molecule has 0 N–H and O–H groups in total. The van der Waals surface area contributed by atoms with Gasteiger partial charge in [0.05, 0.1) is 6.54 Å². The van der Waals surface area contributed by atoms with Crippen LogP contribution in [-0.4, -0.2) is 25.0 Å². The van der Waals surface area contributed by atoms with Gasteiger partial charge in [-0.1, -0.05) is 37.6 Å². The van der Waals surface area contributed by atoms with Crippen LogP contribution in [0.5, 0.6) is 6.01 Å². The molecule has 3 aromatic rings. The normalized spacial score (nSPS) is 13.1. The highest BCUT2D eigenvalue weighted by Gasteiger charge is 2.31. The Kier molecular flexibility index (Phi) is 8.02. The van der Waals surface area contributed by atoms with Crippen LogP contribution in [0.1, 0.15) is 33.3 Å². The van der Waals surface area contributed by atoms with Gasteiger partial charge in [0.25, 0.3) is 5.56 Å². The molecule has 0 aliphatic heterocycles. The highest BCUT2D eigenvalue weighted by atomic mass is 35.5. The molecule has 0 radical (unpaired) electrons. The first-order chi connectivity index (χ1) is 16.8. The van der Waals surface area contributed by atoms with Crippen molar-refractivity contribution in [3.8, 4) is 6.01 Å². The fraction of sp³-hybridized carbons (Fsp3) is 0.375. The summed E-state index contributed by atoms with van der Waals surface area (Å²) in [5, 5.41) is 0.522. The lowest BCUT2D eigenvalue weighted by Gasteiger charge is -2.13. The van der Waals surface area contributed by atoms with Crippen LogP contribution in [-0.2, 0) is 24.9 Å². The van der Waals surface area contributed by atoms with E-state index in [9.17, 15) is 22.8 Å². The molecule has 0 unspecified atom stereocenters. The number of alkyl halides is 3. The fourth-order valence-electron chi connectivity index (χ4n) is 3.55. The van der Waals surface area contributed by atoms with Crippen molar-refractivity contribution in [2.45, 2.75) is 47.1 Å². The summed E-state index contributed by atoms with van der Waals surface area (Å²) in [5.74, 6) is -0.395. The molecule has 8 nitrogen and oxygen atoms in total. The Bertz CT molecular complexity index is 1430. The molecular formula is C24H26ClF3N4O4. The SMILES string of the molecule is C/C=C(\C=C(/C)OC(F)(F)F)Oc1nc2c(c(=O)n(C)c(=O)n2CC(C)C)n1Cc1ccc(Cl)cc1. The Labute approximate surface area is 209 Å². The van der Waals surface area contributed by atoms with Gasteiger partial charge in [-0.2, -0.15) is 4.98 Å². The Hall–Kier alpha value is -3.47. The Morgan fingerprint density at radius 3 is 2.36 bits per heavy atom. The first kappa shape index (κ1) is 27.1. The van der Waals surface area contributed by atoms with Crippen molar-refractivity contribution in [1.29, 1.82) is 0 Å². The third-order valence-electron chi connectivity index (χ3n) is 5.11. The largest absolute Gasteiger partial charge is 0.572 e. The molecule has 0 saturated heterocycles. The third-order valence-corrected chi connectivity index (χ3v) is 5.36. The van der Waals surface area contributed by atoms with Gasteiger partial charge >= 0.3 is 18.1 Å². The van der Waals surface area contributed by atoms with E-state index in [1.165, 1.54) is 22.3 Å². The number of rotatable bonds is 8. The van der Waals surface area contributed by atoms with E-state index in [1.807, 2.05) is 13.8 Å². The fourth-order valence-corrected chi connectivity index (χ4v) is 3.68. The van der Waals surface area contributed by atoms with Crippen LogP contribution < -0.4 is 16.0 Å². The first-order valence-electron chi connectivity index (χ1n) is 11.0. The second-order valence-corrected chi connectivity index (χ2v) is 8.96. The van der Waals surface area contributed by atoms with Gasteiger partial charge < -0.3 is 9.47 Å². The summed E-state index contributed by atoms with van der Waals surface area (Å²) in [6.07, 6.45) is -2.38. The molecule has 0 atom stereocenters. The summed E-state index contributed by atoms with van der Waals surface area (Å²) in [6, 6.07) is 6.79. The maximum atomic E-state index is 13.2. The zero-order valence-corrected chi connectivity index (χ0v) is 21.1. The van der Waals surface area contributed by atoms with Gasteiger partial charge in [-0.05, 0) is 43.5 Å². The molecule has 0 saturated carbocycles. The summed E-state index contributed by atoms with van der Waals surface area (Å²) >= 11 is 5.99. The van der Waals surface area contributed by atoms with Crippen LogP contribution in [0.3, 0.4) is 0 Å². The number of ether oxygens (including phenoxy) is 2. The molecule has 1 aromatic carbocycles. The van der Waals surface area contributed by atoms with Crippen LogP contribution in [0, 0.1) is 5.92 Å². The van der Waals surface area contributed by atoms with Gasteiger partial charge in [-0.15, -0.1) is 13.2 Å². The second kappa shape index (κ2) is 10.7.